The molecule has 0 aromatic rings. The molecule has 0 aliphatic heterocycles. The molecule has 0 saturated heterocycles. The van der Waals surface area contributed by atoms with Gasteiger partial charge < -0.3 is 0 Å². The molecule has 0 nitrogen and oxygen atoms in total. The summed E-state index contributed by atoms with van der Waals surface area (Å²) in [6.07, 6.45) is 8.32. The third kappa shape index (κ3) is 7.74. The second-order valence-electron chi connectivity index (χ2n) is 2.62. The average Bonchev–Trinajstić information content (AvgIpc) is 1.80. The quantitative estimate of drug-likeness (QED) is 0.399. The zero-order chi connectivity index (χ0) is 7.11. The van der Waals surface area contributed by atoms with E-state index in [2.05, 4.69) is 33.3 Å². The highest BCUT2D eigenvalue weighted by Gasteiger charge is 1.81. The minimum atomic E-state index is 1.24. The van der Waals surface area contributed by atoms with Gasteiger partial charge in [0.15, 0.2) is 0 Å². The maximum atomic E-state index is 2.30. The first-order valence-electron chi connectivity index (χ1n) is 3.68. The van der Waals surface area contributed by atoms with Gasteiger partial charge >= 0.3 is 0 Å². The van der Waals surface area contributed by atoms with E-state index in [0.29, 0.717) is 0 Å². The van der Waals surface area contributed by atoms with Gasteiger partial charge in [0, 0.05) is 0 Å². The molecule has 1 radical (unpaired) electrons. The van der Waals surface area contributed by atoms with Gasteiger partial charge in [-0.25, -0.2) is 0 Å². The van der Waals surface area contributed by atoms with Crippen LogP contribution in [0.25, 0.3) is 0 Å². The average molecular weight is 125 g/mol. The number of rotatable bonds is 4. The second kappa shape index (κ2) is 5.87. The van der Waals surface area contributed by atoms with Gasteiger partial charge in [-0.1, -0.05) is 25.0 Å². The molecule has 0 aliphatic rings. The van der Waals surface area contributed by atoms with Crippen LogP contribution in [0.5, 0.6) is 0 Å². The Labute approximate surface area is 59.0 Å². The Kier molecular flexibility index (Phi) is 5.70. The molecule has 0 saturated carbocycles. The molecule has 0 amide bonds. The van der Waals surface area contributed by atoms with Gasteiger partial charge in [0.2, 0.25) is 0 Å². The largest absolute Gasteiger partial charge is 0.0859 e. The van der Waals surface area contributed by atoms with Gasteiger partial charge in [0.05, 0.1) is 0 Å². The van der Waals surface area contributed by atoms with Crippen LogP contribution in [0.4, 0.5) is 0 Å². The summed E-state index contributed by atoms with van der Waals surface area (Å²) in [5.74, 6) is 0. The molecule has 0 heterocycles. The summed E-state index contributed by atoms with van der Waals surface area (Å²) >= 11 is 0. The van der Waals surface area contributed by atoms with Crippen LogP contribution < -0.4 is 0 Å². The van der Waals surface area contributed by atoms with Gasteiger partial charge in [-0.3, -0.25) is 0 Å². The molecular weight excluding hydrogens is 108 g/mol. The van der Waals surface area contributed by atoms with Crippen molar-refractivity contribution >= 4 is 0 Å². The van der Waals surface area contributed by atoms with Crippen molar-refractivity contribution in [3.8, 4) is 0 Å². The fourth-order valence-electron chi connectivity index (χ4n) is 0.713. The summed E-state index contributed by atoms with van der Waals surface area (Å²) in [4.78, 5) is 0. The Bertz CT molecular complexity index is 76.0. The van der Waals surface area contributed by atoms with Crippen molar-refractivity contribution in [2.24, 2.45) is 0 Å². The lowest BCUT2D eigenvalue weighted by atomic mass is 10.2. The highest BCUT2D eigenvalue weighted by molar-refractivity contribution is 4.92. The lowest BCUT2D eigenvalue weighted by Gasteiger charge is -1.91. The van der Waals surface area contributed by atoms with E-state index < -0.39 is 0 Å². The highest BCUT2D eigenvalue weighted by atomic mass is 13.9. The number of hydrogen-bond acceptors (Lipinski definition) is 0. The van der Waals surface area contributed by atoms with Crippen LogP contribution in [0.3, 0.4) is 0 Å². The van der Waals surface area contributed by atoms with Crippen molar-refractivity contribution in [2.45, 2.75) is 40.0 Å². The molecule has 0 N–H and O–H groups in total. The van der Waals surface area contributed by atoms with Crippen LogP contribution in [-0.2, 0) is 0 Å². The van der Waals surface area contributed by atoms with Gasteiger partial charge in [-0.2, -0.15) is 0 Å². The van der Waals surface area contributed by atoms with Crippen molar-refractivity contribution < 1.29 is 0 Å². The Balaban J connectivity index is 3.00. The van der Waals surface area contributed by atoms with E-state index in [1.807, 2.05) is 0 Å². The summed E-state index contributed by atoms with van der Waals surface area (Å²) in [6.45, 7) is 6.41. The van der Waals surface area contributed by atoms with Crippen LogP contribution in [0.2, 0.25) is 0 Å². The third-order valence-corrected chi connectivity index (χ3v) is 1.25. The van der Waals surface area contributed by atoms with Crippen LogP contribution in [0.1, 0.15) is 40.0 Å². The summed E-state index contributed by atoms with van der Waals surface area (Å²) in [7, 11) is 0. The summed E-state index contributed by atoms with van der Waals surface area (Å²) in [5.41, 5.74) is 1.44. The van der Waals surface area contributed by atoms with Crippen molar-refractivity contribution in [1.82, 2.24) is 0 Å². The Morgan fingerprint density at radius 2 is 1.89 bits per heavy atom. The smallest absolute Gasteiger partial charge is 0.0348 e. The molecule has 0 aromatic heterocycles. The molecule has 0 aromatic carbocycles. The normalized spacial score (nSPS) is 9.22. The van der Waals surface area contributed by atoms with E-state index in [4.69, 9.17) is 0 Å². The van der Waals surface area contributed by atoms with Crippen LogP contribution >= 0.6 is 0 Å². The number of hydrogen-bond donors (Lipinski definition) is 0. The van der Waals surface area contributed by atoms with Crippen molar-refractivity contribution in [2.75, 3.05) is 0 Å². The van der Waals surface area contributed by atoms with Gasteiger partial charge in [0.1, 0.15) is 0 Å². The van der Waals surface area contributed by atoms with E-state index >= 15 is 0 Å². The fraction of sp³-hybridized carbons (Fsp3) is 0.667. The molecular formula is C9H17. The number of allylic oxidation sites excluding steroid dienone is 2. The summed E-state index contributed by atoms with van der Waals surface area (Å²) < 4.78 is 0. The maximum Gasteiger partial charge on any atom is -0.0348 e. The van der Waals surface area contributed by atoms with Crippen LogP contribution in [0.15, 0.2) is 11.6 Å². The first-order valence-corrected chi connectivity index (χ1v) is 3.68. The predicted molar refractivity (Wildman–Crippen MR) is 43.3 cm³/mol. The van der Waals surface area contributed by atoms with Crippen molar-refractivity contribution in [1.29, 1.82) is 0 Å². The Morgan fingerprint density at radius 1 is 1.22 bits per heavy atom. The standard InChI is InChI=1S/C9H17/c1-4-5-6-7-8-9(2)3/h4,8H,5-7H2,1-3H3. The molecule has 0 rings (SSSR count). The molecule has 0 heteroatoms. The Hall–Kier alpha value is -0.260. The molecule has 53 valence electrons. The molecule has 0 spiro atoms. The second-order valence-corrected chi connectivity index (χ2v) is 2.62. The van der Waals surface area contributed by atoms with E-state index in [1.54, 1.807) is 0 Å². The van der Waals surface area contributed by atoms with Gasteiger partial charge in [0.25, 0.3) is 0 Å². The zero-order valence-electron chi connectivity index (χ0n) is 6.78. The fourth-order valence-corrected chi connectivity index (χ4v) is 0.713. The van der Waals surface area contributed by atoms with Gasteiger partial charge in [-0.05, 0) is 33.1 Å². The zero-order valence-corrected chi connectivity index (χ0v) is 6.78. The minimum absolute atomic E-state index is 1.24. The van der Waals surface area contributed by atoms with Crippen LogP contribution in [-0.4, -0.2) is 0 Å². The Morgan fingerprint density at radius 3 is 2.33 bits per heavy atom. The van der Waals surface area contributed by atoms with Crippen molar-refractivity contribution in [3.63, 3.8) is 0 Å². The summed E-state index contributed by atoms with van der Waals surface area (Å²) in [6, 6.07) is 0. The lowest BCUT2D eigenvalue weighted by molar-refractivity contribution is 0.824. The molecule has 0 fully saturated rings. The van der Waals surface area contributed by atoms with E-state index in [0.717, 1.165) is 0 Å². The maximum absolute atomic E-state index is 2.30. The number of unbranched alkanes of at least 4 members (excludes halogenated alkanes) is 3. The SMILES string of the molecule is C[CH]CCCC=C(C)C. The lowest BCUT2D eigenvalue weighted by Crippen LogP contribution is -1.72. The molecule has 0 atom stereocenters. The third-order valence-electron chi connectivity index (χ3n) is 1.25. The molecule has 0 aliphatic carbocycles. The van der Waals surface area contributed by atoms with Crippen LogP contribution in [0, 0.1) is 6.42 Å². The van der Waals surface area contributed by atoms with Gasteiger partial charge in [-0.15, -0.1) is 0 Å². The van der Waals surface area contributed by atoms with E-state index in [9.17, 15) is 0 Å². The van der Waals surface area contributed by atoms with E-state index in [-0.39, 0.29) is 0 Å². The predicted octanol–water partition coefficient (Wildman–Crippen LogP) is 3.35. The molecule has 0 bridgehead atoms. The monoisotopic (exact) mass is 125 g/mol. The van der Waals surface area contributed by atoms with E-state index in [1.165, 1.54) is 24.8 Å². The minimum Gasteiger partial charge on any atom is -0.0859 e. The topological polar surface area (TPSA) is 0 Å². The highest BCUT2D eigenvalue weighted by Crippen LogP contribution is 2.01. The summed E-state index contributed by atoms with van der Waals surface area (Å²) in [5, 5.41) is 0. The first kappa shape index (κ1) is 8.74. The van der Waals surface area contributed by atoms with Crippen molar-refractivity contribution in [3.05, 3.63) is 18.1 Å². The first-order chi connectivity index (χ1) is 4.27. The molecule has 0 unspecified atom stereocenters. The molecule has 9 heavy (non-hydrogen) atoms.